The van der Waals surface area contributed by atoms with E-state index in [1.165, 1.54) is 180 Å². The number of ether oxygens (including phenoxy) is 2. The number of aliphatic hydroxyl groups excluding tert-OH is 4. The molecule has 7 unspecified atom stereocenters. The average molecular weight is 920 g/mol. The number of rotatable bonds is 45. The van der Waals surface area contributed by atoms with Gasteiger partial charge in [0.2, 0.25) is 5.91 Å². The second-order valence-corrected chi connectivity index (χ2v) is 19.5. The van der Waals surface area contributed by atoms with Crippen LogP contribution in [0.5, 0.6) is 0 Å². The molecule has 63 heavy (non-hydrogen) atoms. The summed E-state index contributed by atoms with van der Waals surface area (Å²) in [6, 6.07) is -0.938. The first-order chi connectivity index (χ1) is 30.5. The summed E-state index contributed by atoms with van der Waals surface area (Å²) in [5.74, 6) is -0.259. The number of allylic oxidation sites excluding steroid dienone is 1. The van der Waals surface area contributed by atoms with E-state index in [1.807, 2.05) is 6.08 Å². The van der Waals surface area contributed by atoms with Gasteiger partial charge in [0.15, 0.2) is 6.29 Å². The third-order valence-electron chi connectivity index (χ3n) is 12.6. The minimum atomic E-state index is -5.08. The predicted molar refractivity (Wildman–Crippen MR) is 255 cm³/mol. The van der Waals surface area contributed by atoms with Gasteiger partial charge in [-0.2, -0.15) is 8.42 Å². The van der Waals surface area contributed by atoms with Gasteiger partial charge >= 0.3 is 10.4 Å². The van der Waals surface area contributed by atoms with Crippen molar-refractivity contribution < 1.29 is 51.8 Å². The van der Waals surface area contributed by atoms with Crippen LogP contribution in [0.2, 0.25) is 0 Å². The Labute approximate surface area is 385 Å². The van der Waals surface area contributed by atoms with Gasteiger partial charge in [-0.25, -0.2) is 4.18 Å². The first kappa shape index (κ1) is 59.9. The standard InChI is InChI=1S/C50H97NO11S/c1-3-5-7-9-11-13-15-16-17-18-19-20-21-22-23-24-25-26-27-28-30-32-34-36-38-40-46(54)51-43(44(53)39-37-35-33-31-29-14-12-10-8-6-4-2)42-60-50-48(56)49(62-63(57,58)59)47(55)45(41-52)61-50/h37,39,43-45,47-50,52-53,55-56H,3-36,38,40-42H2,1-2H3,(H,51,54)(H,57,58,59)/b39-37+. The van der Waals surface area contributed by atoms with Crippen LogP contribution in [-0.4, -0.2) is 95.4 Å². The van der Waals surface area contributed by atoms with Crippen LogP contribution >= 0.6 is 0 Å². The van der Waals surface area contributed by atoms with Gasteiger partial charge in [-0.1, -0.05) is 231 Å². The van der Waals surface area contributed by atoms with E-state index in [4.69, 9.17) is 9.47 Å². The van der Waals surface area contributed by atoms with Crippen molar-refractivity contribution in [2.45, 2.75) is 288 Å². The van der Waals surface area contributed by atoms with Crippen molar-refractivity contribution in [1.82, 2.24) is 5.32 Å². The molecule has 0 aromatic rings. The van der Waals surface area contributed by atoms with E-state index in [2.05, 4.69) is 23.3 Å². The number of carbonyl (C=O) groups is 1. The molecular weight excluding hydrogens is 823 g/mol. The van der Waals surface area contributed by atoms with Crippen molar-refractivity contribution in [3.63, 3.8) is 0 Å². The zero-order chi connectivity index (χ0) is 46.2. The summed E-state index contributed by atoms with van der Waals surface area (Å²) in [7, 11) is -5.08. The maximum Gasteiger partial charge on any atom is 0.397 e. The van der Waals surface area contributed by atoms with Crippen LogP contribution in [0, 0.1) is 0 Å². The monoisotopic (exact) mass is 920 g/mol. The van der Waals surface area contributed by atoms with E-state index < -0.39 is 59.9 Å². The first-order valence-electron chi connectivity index (χ1n) is 26.1. The summed E-state index contributed by atoms with van der Waals surface area (Å²) in [5, 5.41) is 44.7. The minimum Gasteiger partial charge on any atom is -0.394 e. The van der Waals surface area contributed by atoms with E-state index in [1.54, 1.807) is 6.08 Å². The molecule has 0 radical (unpaired) electrons. The minimum absolute atomic E-state index is 0.259. The number of amides is 1. The number of aliphatic hydroxyl groups is 4. The lowest BCUT2D eigenvalue weighted by Gasteiger charge is -2.41. The van der Waals surface area contributed by atoms with Crippen LogP contribution in [0.1, 0.15) is 245 Å². The van der Waals surface area contributed by atoms with Crippen LogP contribution in [0.4, 0.5) is 0 Å². The molecule has 6 N–H and O–H groups in total. The molecular formula is C50H97NO11S. The molecule has 1 fully saturated rings. The molecule has 12 nitrogen and oxygen atoms in total. The molecule has 0 aromatic heterocycles. The molecule has 0 saturated carbocycles. The van der Waals surface area contributed by atoms with Crippen molar-refractivity contribution in [2.75, 3.05) is 13.2 Å². The van der Waals surface area contributed by atoms with Crippen molar-refractivity contribution >= 4 is 16.3 Å². The Kier molecular flexibility index (Phi) is 39.0. The van der Waals surface area contributed by atoms with Crippen molar-refractivity contribution in [3.05, 3.63) is 12.2 Å². The van der Waals surface area contributed by atoms with Gasteiger partial charge in [0.25, 0.3) is 0 Å². The van der Waals surface area contributed by atoms with Crippen molar-refractivity contribution in [2.24, 2.45) is 0 Å². The molecule has 1 saturated heterocycles. The molecule has 0 aliphatic carbocycles. The second-order valence-electron chi connectivity index (χ2n) is 18.5. The van der Waals surface area contributed by atoms with Gasteiger partial charge in [-0.3, -0.25) is 9.35 Å². The van der Waals surface area contributed by atoms with Gasteiger partial charge in [-0.15, -0.1) is 0 Å². The molecule has 1 amide bonds. The highest BCUT2D eigenvalue weighted by molar-refractivity contribution is 7.80. The van der Waals surface area contributed by atoms with Gasteiger partial charge < -0.3 is 35.2 Å². The van der Waals surface area contributed by atoms with Gasteiger partial charge in [-0.05, 0) is 19.3 Å². The van der Waals surface area contributed by atoms with E-state index in [-0.39, 0.29) is 18.9 Å². The summed E-state index contributed by atoms with van der Waals surface area (Å²) >= 11 is 0. The Morgan fingerprint density at radius 3 is 1.38 bits per heavy atom. The maximum absolute atomic E-state index is 13.1. The summed E-state index contributed by atoms with van der Waals surface area (Å²) in [6.45, 7) is 3.39. The fourth-order valence-electron chi connectivity index (χ4n) is 8.52. The second kappa shape index (κ2) is 41.1. The predicted octanol–water partition coefficient (Wildman–Crippen LogP) is 11.1. The average Bonchev–Trinajstić information content (AvgIpc) is 3.25. The molecule has 0 aromatic carbocycles. The van der Waals surface area contributed by atoms with Gasteiger partial charge in [0.05, 0.1) is 25.4 Å². The largest absolute Gasteiger partial charge is 0.397 e. The van der Waals surface area contributed by atoms with Gasteiger partial charge in [0, 0.05) is 6.42 Å². The molecule has 1 aliphatic rings. The van der Waals surface area contributed by atoms with Crippen molar-refractivity contribution in [1.29, 1.82) is 0 Å². The number of unbranched alkanes of at least 4 members (excludes halogenated alkanes) is 33. The Bertz CT molecular complexity index is 1180. The van der Waals surface area contributed by atoms with Crippen LogP contribution in [0.3, 0.4) is 0 Å². The fourth-order valence-corrected chi connectivity index (χ4v) is 9.02. The summed E-state index contributed by atoms with van der Waals surface area (Å²) in [6.07, 6.45) is 38.4. The van der Waals surface area contributed by atoms with E-state index in [0.717, 1.165) is 38.5 Å². The SMILES string of the molecule is CCCCCCCCCCC/C=C/C(O)C(COC1OC(CO)C(O)C(OS(=O)(=O)O)C1O)NC(=O)CCCCCCCCCCCCCCCCCCCCCCCCCCC. The maximum atomic E-state index is 13.1. The third-order valence-corrected chi connectivity index (χ3v) is 13.0. The summed E-state index contributed by atoms with van der Waals surface area (Å²) in [4.78, 5) is 13.1. The molecule has 0 bridgehead atoms. The zero-order valence-corrected chi connectivity index (χ0v) is 41.0. The highest BCUT2D eigenvalue weighted by Crippen LogP contribution is 2.26. The highest BCUT2D eigenvalue weighted by Gasteiger charge is 2.48. The first-order valence-corrected chi connectivity index (χ1v) is 27.4. The smallest absolute Gasteiger partial charge is 0.394 e. The number of carbonyl (C=O) groups excluding carboxylic acids is 1. The molecule has 13 heteroatoms. The lowest BCUT2D eigenvalue weighted by molar-refractivity contribution is -0.298. The van der Waals surface area contributed by atoms with Crippen LogP contribution < -0.4 is 5.32 Å². The third kappa shape index (κ3) is 33.9. The fraction of sp³-hybridized carbons (Fsp3) is 0.940. The number of hydrogen-bond acceptors (Lipinski definition) is 10. The summed E-state index contributed by atoms with van der Waals surface area (Å²) in [5.41, 5.74) is 0. The van der Waals surface area contributed by atoms with Crippen LogP contribution in [-0.2, 0) is 28.9 Å². The summed E-state index contributed by atoms with van der Waals surface area (Å²) < 4.78 is 47.6. The Morgan fingerprint density at radius 2 is 1.00 bits per heavy atom. The van der Waals surface area contributed by atoms with E-state index >= 15 is 0 Å². The van der Waals surface area contributed by atoms with Gasteiger partial charge in [0.1, 0.15) is 24.4 Å². The molecule has 1 heterocycles. The Balaban J connectivity index is 2.33. The highest BCUT2D eigenvalue weighted by atomic mass is 32.3. The topological polar surface area (TPSA) is 192 Å². The number of nitrogens with one attached hydrogen (secondary N) is 1. The van der Waals surface area contributed by atoms with Crippen LogP contribution in [0.25, 0.3) is 0 Å². The molecule has 374 valence electrons. The lowest BCUT2D eigenvalue weighted by Crippen LogP contribution is -2.61. The van der Waals surface area contributed by atoms with E-state index in [9.17, 15) is 38.2 Å². The van der Waals surface area contributed by atoms with Crippen LogP contribution in [0.15, 0.2) is 12.2 Å². The van der Waals surface area contributed by atoms with Crippen molar-refractivity contribution in [3.8, 4) is 0 Å². The quantitative estimate of drug-likeness (QED) is 0.0193. The zero-order valence-electron chi connectivity index (χ0n) is 40.2. The van der Waals surface area contributed by atoms with E-state index in [0.29, 0.717) is 6.42 Å². The normalized spacial score (nSPS) is 20.4. The molecule has 7 atom stereocenters. The Hall–Kier alpha value is -1.16. The Morgan fingerprint density at radius 1 is 0.619 bits per heavy atom. The molecule has 0 spiro atoms. The number of hydrogen-bond donors (Lipinski definition) is 6. The molecule has 1 rings (SSSR count). The molecule has 1 aliphatic heterocycles. The lowest BCUT2D eigenvalue weighted by atomic mass is 9.99.